The summed E-state index contributed by atoms with van der Waals surface area (Å²) in [4.78, 5) is 23.1. The number of nitrogen functional groups attached to an aromatic ring is 1. The van der Waals surface area contributed by atoms with Crippen molar-refractivity contribution in [2.24, 2.45) is 5.73 Å². The van der Waals surface area contributed by atoms with Crippen molar-refractivity contribution in [3.8, 4) is 0 Å². The molecule has 0 aromatic carbocycles. The van der Waals surface area contributed by atoms with Gasteiger partial charge < -0.3 is 0 Å². The molecule has 1 fully saturated rings. The van der Waals surface area contributed by atoms with Gasteiger partial charge in [0.2, 0.25) is 0 Å². The molecule has 0 saturated carbocycles. The van der Waals surface area contributed by atoms with Gasteiger partial charge in [0.1, 0.15) is 0 Å². The Bertz CT molecular complexity index is 708. The van der Waals surface area contributed by atoms with E-state index in [0.717, 1.165) is 18.2 Å². The van der Waals surface area contributed by atoms with Crippen LogP contribution in [0.5, 0.6) is 0 Å². The first-order chi connectivity index (χ1) is 11.1. The predicted octanol–water partition coefficient (Wildman–Crippen LogP) is 0.0388. The van der Waals surface area contributed by atoms with Crippen molar-refractivity contribution in [1.29, 1.82) is 0 Å². The minimum atomic E-state index is -0.945. The number of carboxylic acid groups (broad SMARTS) is 1. The zero-order chi connectivity index (χ0) is 16.4. The van der Waals surface area contributed by atoms with E-state index in [4.69, 9.17) is 21.3 Å². The number of hydrogen-bond donors (Lipinski definition) is 3. The summed E-state index contributed by atoms with van der Waals surface area (Å²) in [6.45, 7) is 0. The van der Waals surface area contributed by atoms with Crippen LogP contribution in [0.1, 0.15) is 19.1 Å². The second-order valence-electron chi connectivity index (χ2n) is 5.36. The van der Waals surface area contributed by atoms with Crippen molar-refractivity contribution in [2.75, 3.05) is 5.73 Å². The molecule has 0 bridgehead atoms. The number of fused-ring (bicyclic) bond motifs is 1. The molecular weight excluding hydrogens is 367 g/mol. The van der Waals surface area contributed by atoms with E-state index in [1.54, 1.807) is 6.33 Å². The number of aliphatic carboxylic acids is 1. The molecule has 0 aliphatic carbocycles. The van der Waals surface area contributed by atoms with Gasteiger partial charge in [-0.3, -0.25) is 0 Å². The number of nitrogens with zero attached hydrogens (tertiary/aromatic N) is 4. The molecule has 124 valence electrons. The topological polar surface area (TPSA) is 142 Å². The van der Waals surface area contributed by atoms with Crippen LogP contribution in [0.4, 0.5) is 5.82 Å². The first-order valence-corrected chi connectivity index (χ1v) is 9.63. The Morgan fingerprint density at radius 1 is 1.48 bits per heavy atom. The molecule has 5 N–H and O–H groups in total. The SMILES string of the molecule is Nc1ncnc2c1ncn2C1CCC(C[Se]CC(N)C(=O)O)O1. The Balaban J connectivity index is 1.59. The average Bonchev–Trinajstić information content (AvgIpc) is 3.14. The number of imidazole rings is 1. The van der Waals surface area contributed by atoms with Crippen LogP contribution >= 0.6 is 0 Å². The summed E-state index contributed by atoms with van der Waals surface area (Å²) in [5.74, 6) is -0.589. The van der Waals surface area contributed by atoms with E-state index >= 15 is 0 Å². The van der Waals surface area contributed by atoms with Crippen LogP contribution in [0.25, 0.3) is 11.2 Å². The van der Waals surface area contributed by atoms with E-state index in [-0.39, 0.29) is 27.3 Å². The molecule has 0 amide bonds. The van der Waals surface area contributed by atoms with Crippen molar-refractivity contribution in [3.05, 3.63) is 12.7 Å². The van der Waals surface area contributed by atoms with Gasteiger partial charge in [0, 0.05) is 0 Å². The monoisotopic (exact) mass is 386 g/mol. The van der Waals surface area contributed by atoms with E-state index in [9.17, 15) is 4.79 Å². The van der Waals surface area contributed by atoms with Gasteiger partial charge in [-0.05, 0) is 0 Å². The quantitative estimate of drug-likeness (QED) is 0.592. The van der Waals surface area contributed by atoms with Gasteiger partial charge in [-0.15, -0.1) is 0 Å². The molecule has 1 aliphatic heterocycles. The number of hydrogen-bond acceptors (Lipinski definition) is 7. The molecule has 3 rings (SSSR count). The molecule has 10 heteroatoms. The molecule has 9 nitrogen and oxygen atoms in total. The van der Waals surface area contributed by atoms with Gasteiger partial charge in [-0.1, -0.05) is 0 Å². The summed E-state index contributed by atoms with van der Waals surface area (Å²) in [5, 5.41) is 10.2. The summed E-state index contributed by atoms with van der Waals surface area (Å²) >= 11 is 0.154. The van der Waals surface area contributed by atoms with Gasteiger partial charge in [0.05, 0.1) is 0 Å². The molecule has 2 aromatic heterocycles. The third kappa shape index (κ3) is 3.45. The Labute approximate surface area is 138 Å². The zero-order valence-electron chi connectivity index (χ0n) is 12.3. The first-order valence-electron chi connectivity index (χ1n) is 7.21. The minimum absolute atomic E-state index is 0.122. The van der Waals surface area contributed by atoms with Gasteiger partial charge in [-0.2, -0.15) is 0 Å². The van der Waals surface area contributed by atoms with Crippen LogP contribution in [0, 0.1) is 0 Å². The number of carbonyl (C=O) groups is 1. The predicted molar refractivity (Wildman–Crippen MR) is 83.9 cm³/mol. The van der Waals surface area contributed by atoms with Crippen molar-refractivity contribution in [1.82, 2.24) is 19.5 Å². The second kappa shape index (κ2) is 6.79. The maximum absolute atomic E-state index is 10.7. The molecular formula is C13H18N6O3Se. The molecule has 0 spiro atoms. The molecule has 1 aliphatic rings. The van der Waals surface area contributed by atoms with Crippen molar-refractivity contribution < 1.29 is 14.6 Å². The van der Waals surface area contributed by atoms with Crippen LogP contribution in [0.2, 0.25) is 10.6 Å². The summed E-state index contributed by atoms with van der Waals surface area (Å²) < 4.78 is 7.92. The maximum atomic E-state index is 10.7. The zero-order valence-corrected chi connectivity index (χ0v) is 14.0. The van der Waals surface area contributed by atoms with E-state index in [2.05, 4.69) is 15.0 Å². The number of rotatable bonds is 6. The summed E-state index contributed by atoms with van der Waals surface area (Å²) in [5.41, 5.74) is 12.6. The Morgan fingerprint density at radius 2 is 2.30 bits per heavy atom. The molecule has 3 unspecified atom stereocenters. The van der Waals surface area contributed by atoms with Gasteiger partial charge in [0.15, 0.2) is 0 Å². The fraction of sp³-hybridized carbons (Fsp3) is 0.538. The fourth-order valence-corrected chi connectivity index (χ4v) is 4.68. The van der Waals surface area contributed by atoms with Crippen LogP contribution < -0.4 is 11.5 Å². The number of anilines is 1. The normalized spacial score (nSPS) is 22.5. The van der Waals surface area contributed by atoms with Gasteiger partial charge in [-0.25, -0.2) is 0 Å². The average molecular weight is 385 g/mol. The fourth-order valence-electron chi connectivity index (χ4n) is 2.49. The molecule has 1 saturated heterocycles. The third-order valence-corrected chi connectivity index (χ3v) is 6.22. The number of aromatic nitrogens is 4. The Kier molecular flexibility index (Phi) is 4.76. The summed E-state index contributed by atoms with van der Waals surface area (Å²) in [7, 11) is 0. The van der Waals surface area contributed by atoms with Crippen LogP contribution in [0.15, 0.2) is 12.7 Å². The molecule has 3 heterocycles. The van der Waals surface area contributed by atoms with Crippen LogP contribution in [0.3, 0.4) is 0 Å². The van der Waals surface area contributed by atoms with Crippen LogP contribution in [-0.4, -0.2) is 57.7 Å². The Hall–Kier alpha value is -1.74. The van der Waals surface area contributed by atoms with E-state index in [1.807, 2.05) is 4.57 Å². The third-order valence-electron chi connectivity index (χ3n) is 3.70. The van der Waals surface area contributed by atoms with Gasteiger partial charge >= 0.3 is 138 Å². The van der Waals surface area contributed by atoms with E-state index < -0.39 is 12.0 Å². The Morgan fingerprint density at radius 3 is 3.09 bits per heavy atom. The molecule has 23 heavy (non-hydrogen) atoms. The number of carboxylic acids is 1. The van der Waals surface area contributed by atoms with E-state index in [1.165, 1.54) is 6.33 Å². The van der Waals surface area contributed by atoms with Crippen molar-refractivity contribution in [2.45, 2.75) is 41.9 Å². The molecule has 3 atom stereocenters. The van der Waals surface area contributed by atoms with E-state index in [0.29, 0.717) is 22.3 Å². The number of nitrogens with two attached hydrogens (primary N) is 2. The van der Waals surface area contributed by atoms with Crippen molar-refractivity contribution in [3.63, 3.8) is 0 Å². The van der Waals surface area contributed by atoms with Crippen LogP contribution in [-0.2, 0) is 9.53 Å². The molecule has 0 radical (unpaired) electrons. The summed E-state index contributed by atoms with van der Waals surface area (Å²) in [6.07, 6.45) is 4.88. The van der Waals surface area contributed by atoms with Gasteiger partial charge in [0.25, 0.3) is 0 Å². The standard InChI is InChI=1S/C13H18N6O3Se/c14-8(13(20)21)4-23-3-7-1-2-9(22-7)19-6-18-10-11(15)16-5-17-12(10)19/h5-9H,1-4,14H2,(H,20,21)(H2,15,16,17). The van der Waals surface area contributed by atoms with Crippen molar-refractivity contribution >= 4 is 37.9 Å². The number of ether oxygens (including phenoxy) is 1. The first kappa shape index (κ1) is 16.1. The second-order valence-corrected chi connectivity index (χ2v) is 7.61. The summed E-state index contributed by atoms with van der Waals surface area (Å²) in [6, 6.07) is -0.774. The molecule has 2 aromatic rings.